The summed E-state index contributed by atoms with van der Waals surface area (Å²) >= 11 is 0. The summed E-state index contributed by atoms with van der Waals surface area (Å²) in [6.45, 7) is 2.77. The SMILES string of the molecule is Cn1ccnc1NC(=O)c1ccc(CN2CCC(Oc3ncccn3)CC2)cc1. The molecule has 1 fully saturated rings. The number of rotatable bonds is 6. The Hall–Kier alpha value is -3.26. The maximum absolute atomic E-state index is 12.4. The number of carbonyl (C=O) groups excluding carboxylic acids is 1. The highest BCUT2D eigenvalue weighted by Gasteiger charge is 2.21. The molecule has 0 saturated carbocycles. The molecule has 8 nitrogen and oxygen atoms in total. The molecule has 0 bridgehead atoms. The highest BCUT2D eigenvalue weighted by Crippen LogP contribution is 2.18. The Labute approximate surface area is 169 Å². The zero-order chi connectivity index (χ0) is 20.1. The van der Waals surface area contributed by atoms with Gasteiger partial charge in [0.2, 0.25) is 5.95 Å². The Bertz CT molecular complexity index is 933. The molecule has 1 aromatic carbocycles. The fourth-order valence-electron chi connectivity index (χ4n) is 3.36. The quantitative estimate of drug-likeness (QED) is 0.694. The fraction of sp³-hybridized carbons (Fsp3) is 0.333. The van der Waals surface area contributed by atoms with Crippen molar-refractivity contribution in [1.29, 1.82) is 0 Å². The average Bonchev–Trinajstić information content (AvgIpc) is 3.15. The van der Waals surface area contributed by atoms with Crippen molar-refractivity contribution in [1.82, 2.24) is 24.4 Å². The first-order chi connectivity index (χ1) is 14.2. The van der Waals surface area contributed by atoms with Crippen LogP contribution in [0.25, 0.3) is 0 Å². The highest BCUT2D eigenvalue weighted by molar-refractivity contribution is 6.03. The molecule has 0 radical (unpaired) electrons. The fourth-order valence-corrected chi connectivity index (χ4v) is 3.36. The molecule has 0 unspecified atom stereocenters. The van der Waals surface area contributed by atoms with Gasteiger partial charge in [-0.15, -0.1) is 0 Å². The molecule has 1 aliphatic heterocycles. The van der Waals surface area contributed by atoms with Gasteiger partial charge in [-0.1, -0.05) is 12.1 Å². The van der Waals surface area contributed by atoms with Crippen LogP contribution >= 0.6 is 0 Å². The molecule has 1 aliphatic rings. The summed E-state index contributed by atoms with van der Waals surface area (Å²) in [7, 11) is 1.84. The Morgan fingerprint density at radius 3 is 2.48 bits per heavy atom. The van der Waals surface area contributed by atoms with Crippen molar-refractivity contribution in [2.45, 2.75) is 25.5 Å². The number of anilines is 1. The molecule has 0 aliphatic carbocycles. The van der Waals surface area contributed by atoms with Gasteiger partial charge in [-0.25, -0.2) is 15.0 Å². The molecule has 3 heterocycles. The van der Waals surface area contributed by atoms with E-state index in [4.69, 9.17) is 4.74 Å². The maximum Gasteiger partial charge on any atom is 0.316 e. The van der Waals surface area contributed by atoms with Crippen LogP contribution in [0, 0.1) is 0 Å². The van der Waals surface area contributed by atoms with Crippen molar-refractivity contribution >= 4 is 11.9 Å². The monoisotopic (exact) mass is 392 g/mol. The first kappa shape index (κ1) is 19.1. The summed E-state index contributed by atoms with van der Waals surface area (Å²) in [4.78, 5) is 27.1. The van der Waals surface area contributed by atoms with E-state index < -0.39 is 0 Å². The molecular formula is C21H24N6O2. The number of piperidine rings is 1. The van der Waals surface area contributed by atoms with E-state index >= 15 is 0 Å². The smallest absolute Gasteiger partial charge is 0.316 e. The Kier molecular flexibility index (Phi) is 5.81. The molecular weight excluding hydrogens is 368 g/mol. The van der Waals surface area contributed by atoms with E-state index in [0.29, 0.717) is 17.5 Å². The van der Waals surface area contributed by atoms with E-state index in [1.54, 1.807) is 35.4 Å². The van der Waals surface area contributed by atoms with Crippen molar-refractivity contribution in [3.63, 3.8) is 0 Å². The van der Waals surface area contributed by atoms with Crippen molar-refractivity contribution in [3.8, 4) is 6.01 Å². The van der Waals surface area contributed by atoms with Crippen LogP contribution in [-0.4, -0.2) is 49.5 Å². The van der Waals surface area contributed by atoms with Gasteiger partial charge in [-0.2, -0.15) is 0 Å². The summed E-state index contributed by atoms with van der Waals surface area (Å²) in [5, 5.41) is 2.81. The Balaban J connectivity index is 1.26. The van der Waals surface area contributed by atoms with Crippen LogP contribution in [0.4, 0.5) is 5.95 Å². The first-order valence-corrected chi connectivity index (χ1v) is 9.71. The maximum atomic E-state index is 12.4. The standard InChI is InChI=1S/C21H24N6O2/c1-26-14-11-22-20(26)25-19(28)17-5-3-16(4-6-17)15-27-12-7-18(8-13-27)29-21-23-9-2-10-24-21/h2-6,9-11,14,18H,7-8,12-13,15H2,1H3,(H,22,25,28). The first-order valence-electron chi connectivity index (χ1n) is 9.71. The number of carbonyl (C=O) groups is 1. The van der Waals surface area contributed by atoms with Crippen LogP contribution in [0.1, 0.15) is 28.8 Å². The molecule has 3 aromatic rings. The number of amides is 1. The number of benzene rings is 1. The Morgan fingerprint density at radius 1 is 1.10 bits per heavy atom. The lowest BCUT2D eigenvalue weighted by Gasteiger charge is -2.31. The molecule has 1 saturated heterocycles. The van der Waals surface area contributed by atoms with Crippen LogP contribution in [0.15, 0.2) is 55.1 Å². The molecule has 1 amide bonds. The third-order valence-electron chi connectivity index (χ3n) is 5.02. The second-order valence-electron chi connectivity index (χ2n) is 7.14. The Morgan fingerprint density at radius 2 is 1.83 bits per heavy atom. The number of aryl methyl sites for hydroxylation is 1. The van der Waals surface area contributed by atoms with Crippen LogP contribution in [0.2, 0.25) is 0 Å². The molecule has 4 rings (SSSR count). The third-order valence-corrected chi connectivity index (χ3v) is 5.02. The predicted molar refractivity (Wildman–Crippen MR) is 109 cm³/mol. The number of likely N-dealkylation sites (tertiary alicyclic amines) is 1. The van der Waals surface area contributed by atoms with E-state index in [1.807, 2.05) is 31.3 Å². The summed E-state index contributed by atoms with van der Waals surface area (Å²) in [5.74, 6) is 0.372. The van der Waals surface area contributed by atoms with Gasteiger partial charge in [0.05, 0.1) is 0 Å². The molecule has 29 heavy (non-hydrogen) atoms. The zero-order valence-electron chi connectivity index (χ0n) is 16.4. The van der Waals surface area contributed by atoms with E-state index in [0.717, 1.165) is 32.5 Å². The third kappa shape index (κ3) is 4.97. The summed E-state index contributed by atoms with van der Waals surface area (Å²) in [5.41, 5.74) is 1.80. The molecule has 0 spiro atoms. The second kappa shape index (κ2) is 8.83. The van der Waals surface area contributed by atoms with E-state index in [1.165, 1.54) is 5.56 Å². The topological polar surface area (TPSA) is 85.2 Å². The molecule has 2 aromatic heterocycles. The summed E-state index contributed by atoms with van der Waals surface area (Å²) in [6.07, 6.45) is 8.88. The minimum absolute atomic E-state index is 0.158. The van der Waals surface area contributed by atoms with E-state index in [-0.39, 0.29) is 12.0 Å². The second-order valence-corrected chi connectivity index (χ2v) is 7.14. The summed E-state index contributed by atoms with van der Waals surface area (Å²) in [6, 6.07) is 9.96. The van der Waals surface area contributed by atoms with Crippen LogP contribution in [0.5, 0.6) is 6.01 Å². The van der Waals surface area contributed by atoms with Gasteiger partial charge in [0.15, 0.2) is 0 Å². The minimum atomic E-state index is -0.160. The van der Waals surface area contributed by atoms with Crippen LogP contribution in [-0.2, 0) is 13.6 Å². The zero-order valence-corrected chi connectivity index (χ0v) is 16.4. The lowest BCUT2D eigenvalue weighted by atomic mass is 10.1. The normalized spacial score (nSPS) is 15.2. The lowest BCUT2D eigenvalue weighted by molar-refractivity contribution is 0.0892. The molecule has 0 atom stereocenters. The number of ether oxygens (including phenoxy) is 1. The van der Waals surface area contributed by atoms with Crippen LogP contribution in [0.3, 0.4) is 0 Å². The van der Waals surface area contributed by atoms with Crippen LogP contribution < -0.4 is 10.1 Å². The van der Waals surface area contributed by atoms with Gasteiger partial charge in [0, 0.05) is 57.0 Å². The van der Waals surface area contributed by atoms with E-state index in [9.17, 15) is 4.79 Å². The van der Waals surface area contributed by atoms with Gasteiger partial charge in [0.25, 0.3) is 5.91 Å². The van der Waals surface area contributed by atoms with Crippen molar-refractivity contribution in [3.05, 3.63) is 66.2 Å². The molecule has 8 heteroatoms. The number of hydrogen-bond donors (Lipinski definition) is 1. The number of imidazole rings is 1. The van der Waals surface area contributed by atoms with Gasteiger partial charge < -0.3 is 9.30 Å². The van der Waals surface area contributed by atoms with Gasteiger partial charge in [-0.3, -0.25) is 15.0 Å². The van der Waals surface area contributed by atoms with Crippen molar-refractivity contribution < 1.29 is 9.53 Å². The van der Waals surface area contributed by atoms with Crippen molar-refractivity contribution in [2.24, 2.45) is 7.05 Å². The highest BCUT2D eigenvalue weighted by atomic mass is 16.5. The largest absolute Gasteiger partial charge is 0.460 e. The average molecular weight is 392 g/mol. The van der Waals surface area contributed by atoms with Gasteiger partial charge in [0.1, 0.15) is 6.10 Å². The predicted octanol–water partition coefficient (Wildman–Crippen LogP) is 2.51. The number of nitrogens with zero attached hydrogens (tertiary/aromatic N) is 5. The minimum Gasteiger partial charge on any atom is -0.460 e. The van der Waals surface area contributed by atoms with Gasteiger partial charge in [-0.05, 0) is 36.6 Å². The van der Waals surface area contributed by atoms with Gasteiger partial charge >= 0.3 is 6.01 Å². The molecule has 150 valence electrons. The number of aromatic nitrogens is 4. The molecule has 1 N–H and O–H groups in total. The number of hydrogen-bond acceptors (Lipinski definition) is 6. The summed E-state index contributed by atoms with van der Waals surface area (Å²) < 4.78 is 7.61. The lowest BCUT2D eigenvalue weighted by Crippen LogP contribution is -2.38. The van der Waals surface area contributed by atoms with Crippen molar-refractivity contribution in [2.75, 3.05) is 18.4 Å². The number of nitrogens with one attached hydrogen (secondary N) is 1. The van der Waals surface area contributed by atoms with E-state index in [2.05, 4.69) is 25.2 Å².